The predicted molar refractivity (Wildman–Crippen MR) is 87.4 cm³/mol. The van der Waals surface area contributed by atoms with Crippen LogP contribution in [-0.4, -0.2) is 17.4 Å². The minimum atomic E-state index is -2.16. The summed E-state index contributed by atoms with van der Waals surface area (Å²) in [5.41, 5.74) is -0.875. The summed E-state index contributed by atoms with van der Waals surface area (Å²) in [5.74, 6) is -10.9. The summed E-state index contributed by atoms with van der Waals surface area (Å²) in [6.45, 7) is 4.24. The molecule has 0 saturated heterocycles. The van der Waals surface area contributed by atoms with Crippen LogP contribution in [0.2, 0.25) is 0 Å². The molecule has 0 spiro atoms. The highest BCUT2D eigenvalue weighted by molar-refractivity contribution is 6.07. The third kappa shape index (κ3) is 5.76. The number of aromatic hydroxyl groups is 1. The lowest BCUT2D eigenvalue weighted by Gasteiger charge is -2.09. The van der Waals surface area contributed by atoms with Crippen molar-refractivity contribution in [2.45, 2.75) is 52.4 Å². The molecule has 3 nitrogen and oxygen atoms in total. The van der Waals surface area contributed by atoms with Crippen LogP contribution in [0.4, 0.5) is 17.6 Å². The SMILES string of the molecule is CCCCCCCCNC(C)=CC(=O)c1c(O)c(F)c(F)c(F)c1F. The van der Waals surface area contributed by atoms with Crippen LogP contribution in [0.25, 0.3) is 0 Å². The highest BCUT2D eigenvalue weighted by Crippen LogP contribution is 2.30. The molecule has 2 N–H and O–H groups in total. The lowest BCUT2D eigenvalue weighted by atomic mass is 10.1. The van der Waals surface area contributed by atoms with Crippen LogP contribution < -0.4 is 5.32 Å². The number of hydrogen-bond donors (Lipinski definition) is 2. The van der Waals surface area contributed by atoms with E-state index in [1.165, 1.54) is 19.8 Å². The van der Waals surface area contributed by atoms with E-state index in [2.05, 4.69) is 12.2 Å². The summed E-state index contributed by atoms with van der Waals surface area (Å²) >= 11 is 0. The average Bonchev–Trinajstić information content (AvgIpc) is 2.57. The molecule has 0 amide bonds. The minimum Gasteiger partial charge on any atom is -0.504 e. The van der Waals surface area contributed by atoms with Crippen molar-refractivity contribution in [1.29, 1.82) is 0 Å². The van der Waals surface area contributed by atoms with Crippen LogP contribution in [0.5, 0.6) is 5.75 Å². The van der Waals surface area contributed by atoms with Gasteiger partial charge < -0.3 is 10.4 Å². The van der Waals surface area contributed by atoms with E-state index < -0.39 is 40.4 Å². The monoisotopic (exact) mass is 361 g/mol. The molecule has 0 aliphatic rings. The molecule has 25 heavy (non-hydrogen) atoms. The zero-order chi connectivity index (χ0) is 19.0. The van der Waals surface area contributed by atoms with Gasteiger partial charge in [0.2, 0.25) is 11.6 Å². The molecule has 0 saturated carbocycles. The highest BCUT2D eigenvalue weighted by atomic mass is 19.2. The van der Waals surface area contributed by atoms with E-state index in [4.69, 9.17) is 0 Å². The number of hydrogen-bond acceptors (Lipinski definition) is 3. The molecule has 0 atom stereocenters. The van der Waals surface area contributed by atoms with E-state index in [0.717, 1.165) is 31.8 Å². The molecule has 0 fully saturated rings. The average molecular weight is 361 g/mol. The van der Waals surface area contributed by atoms with Crippen molar-refractivity contribution in [3.8, 4) is 5.75 Å². The molecular weight excluding hydrogens is 338 g/mol. The highest BCUT2D eigenvalue weighted by Gasteiger charge is 2.28. The van der Waals surface area contributed by atoms with E-state index >= 15 is 0 Å². The molecule has 0 unspecified atom stereocenters. The molecule has 7 heteroatoms. The number of halogens is 4. The topological polar surface area (TPSA) is 49.3 Å². The van der Waals surface area contributed by atoms with Gasteiger partial charge in [-0.1, -0.05) is 39.0 Å². The van der Waals surface area contributed by atoms with Crippen LogP contribution in [0, 0.1) is 23.3 Å². The summed E-state index contributed by atoms with van der Waals surface area (Å²) < 4.78 is 53.1. The fourth-order valence-electron chi connectivity index (χ4n) is 2.36. The number of phenols is 1. The first kappa shape index (κ1) is 21.0. The summed E-state index contributed by atoms with van der Waals surface area (Å²) in [5, 5.41) is 12.3. The van der Waals surface area contributed by atoms with Gasteiger partial charge in [0.1, 0.15) is 5.56 Å². The van der Waals surface area contributed by atoms with E-state index in [0.29, 0.717) is 12.2 Å². The van der Waals surface area contributed by atoms with Gasteiger partial charge in [-0.15, -0.1) is 0 Å². The molecule has 1 aromatic rings. The molecule has 0 radical (unpaired) electrons. The second kappa shape index (κ2) is 10.1. The van der Waals surface area contributed by atoms with Gasteiger partial charge in [-0.05, 0) is 13.3 Å². The molecule has 0 aliphatic heterocycles. The number of nitrogens with one attached hydrogen (secondary N) is 1. The first-order valence-electron chi connectivity index (χ1n) is 8.32. The number of ketones is 1. The van der Waals surface area contributed by atoms with Gasteiger partial charge in [0.25, 0.3) is 0 Å². The predicted octanol–water partition coefficient (Wildman–Crippen LogP) is 4.99. The van der Waals surface area contributed by atoms with Crippen molar-refractivity contribution in [2.75, 3.05) is 6.54 Å². The van der Waals surface area contributed by atoms with E-state index in [9.17, 15) is 27.5 Å². The number of unbranched alkanes of at least 4 members (excludes halogenated alkanes) is 5. The molecule has 0 aromatic heterocycles. The Morgan fingerprint density at radius 3 is 2.16 bits per heavy atom. The molecule has 0 aliphatic carbocycles. The van der Waals surface area contributed by atoms with Crippen LogP contribution in [0.15, 0.2) is 11.8 Å². The zero-order valence-corrected chi connectivity index (χ0v) is 14.4. The Morgan fingerprint density at radius 1 is 0.960 bits per heavy atom. The van der Waals surface area contributed by atoms with Crippen molar-refractivity contribution in [3.63, 3.8) is 0 Å². The number of allylic oxidation sites excluding steroid dienone is 2. The summed E-state index contributed by atoms with van der Waals surface area (Å²) in [6.07, 6.45) is 7.46. The van der Waals surface area contributed by atoms with Crippen LogP contribution >= 0.6 is 0 Å². The summed E-state index contributed by atoms with van der Waals surface area (Å²) in [6, 6.07) is 0. The maximum Gasteiger partial charge on any atom is 0.204 e. The van der Waals surface area contributed by atoms with Gasteiger partial charge in [0.15, 0.2) is 23.2 Å². The molecular formula is C18H23F4NO2. The van der Waals surface area contributed by atoms with Crippen molar-refractivity contribution >= 4 is 5.78 Å². The Hall–Kier alpha value is -2.05. The maximum atomic E-state index is 13.6. The fraction of sp³-hybridized carbons (Fsp3) is 0.500. The Balaban J connectivity index is 2.67. The Kier molecular flexibility index (Phi) is 8.45. The first-order valence-corrected chi connectivity index (χ1v) is 8.32. The van der Waals surface area contributed by atoms with Crippen molar-refractivity contribution in [2.24, 2.45) is 0 Å². The Bertz CT molecular complexity index is 615. The molecule has 0 bridgehead atoms. The van der Waals surface area contributed by atoms with E-state index in [1.807, 2.05) is 0 Å². The summed E-state index contributed by atoms with van der Waals surface area (Å²) in [7, 11) is 0. The van der Waals surface area contributed by atoms with Crippen LogP contribution in [0.1, 0.15) is 62.7 Å². The van der Waals surface area contributed by atoms with Crippen molar-refractivity contribution < 1.29 is 27.5 Å². The number of benzene rings is 1. The normalized spacial score (nSPS) is 11.7. The van der Waals surface area contributed by atoms with Crippen molar-refractivity contribution in [1.82, 2.24) is 5.32 Å². The lowest BCUT2D eigenvalue weighted by Crippen LogP contribution is -2.15. The van der Waals surface area contributed by atoms with Gasteiger partial charge >= 0.3 is 0 Å². The fourth-order valence-corrected chi connectivity index (χ4v) is 2.36. The number of rotatable bonds is 10. The largest absolute Gasteiger partial charge is 0.504 e. The summed E-state index contributed by atoms with van der Waals surface area (Å²) in [4.78, 5) is 11.9. The van der Waals surface area contributed by atoms with E-state index in [1.54, 1.807) is 0 Å². The lowest BCUT2D eigenvalue weighted by molar-refractivity contribution is 0.103. The van der Waals surface area contributed by atoms with Crippen molar-refractivity contribution in [3.05, 3.63) is 40.6 Å². The van der Waals surface area contributed by atoms with Gasteiger partial charge in [-0.25, -0.2) is 13.2 Å². The van der Waals surface area contributed by atoms with Crippen LogP contribution in [-0.2, 0) is 0 Å². The number of carbonyl (C=O) groups excluding carboxylic acids is 1. The molecule has 1 aromatic carbocycles. The third-order valence-corrected chi connectivity index (χ3v) is 3.77. The van der Waals surface area contributed by atoms with Gasteiger partial charge in [-0.3, -0.25) is 4.79 Å². The van der Waals surface area contributed by atoms with E-state index in [-0.39, 0.29) is 0 Å². The Labute approximate surface area is 144 Å². The minimum absolute atomic E-state index is 0.350. The van der Waals surface area contributed by atoms with Gasteiger partial charge in [0, 0.05) is 18.3 Å². The second-order valence-corrected chi connectivity index (χ2v) is 5.87. The second-order valence-electron chi connectivity index (χ2n) is 5.87. The first-order chi connectivity index (χ1) is 11.8. The Morgan fingerprint density at radius 2 is 1.52 bits per heavy atom. The van der Waals surface area contributed by atoms with Gasteiger partial charge in [-0.2, -0.15) is 4.39 Å². The third-order valence-electron chi connectivity index (χ3n) is 3.77. The molecule has 1 rings (SSSR count). The maximum absolute atomic E-state index is 13.6. The zero-order valence-electron chi connectivity index (χ0n) is 14.4. The quantitative estimate of drug-likeness (QED) is 0.154. The van der Waals surface area contributed by atoms with Crippen LogP contribution in [0.3, 0.4) is 0 Å². The standard InChI is InChI=1S/C18H23F4NO2/c1-3-4-5-6-7-8-9-23-11(2)10-12(24)13-14(19)15(20)16(21)17(22)18(13)25/h10,23,25H,3-9H2,1-2H3. The number of phenolic OH excluding ortho intramolecular Hbond substituents is 1. The smallest absolute Gasteiger partial charge is 0.204 e. The molecule has 140 valence electrons. The van der Waals surface area contributed by atoms with Gasteiger partial charge in [0.05, 0.1) is 0 Å². The number of carbonyl (C=O) groups is 1. The molecule has 0 heterocycles.